The first-order valence-electron chi connectivity index (χ1n) is 11.7. The number of aliphatic hydroxyl groups excluding tert-OH is 1. The summed E-state index contributed by atoms with van der Waals surface area (Å²) in [5, 5.41) is 18.2. The summed E-state index contributed by atoms with van der Waals surface area (Å²) in [6, 6.07) is 6.18. The zero-order valence-corrected chi connectivity index (χ0v) is 18.7. The number of benzene rings is 1. The fraction of sp³-hybridized carbons (Fsp3) is 0.720. The number of nitrogens with zero attached hydrogens (tertiary/aromatic N) is 1. The summed E-state index contributed by atoms with van der Waals surface area (Å²) in [7, 11) is 0. The Morgan fingerprint density at radius 2 is 1.57 bits per heavy atom. The topological polar surface area (TPSA) is 62.5 Å². The van der Waals surface area contributed by atoms with Crippen molar-refractivity contribution in [3.8, 4) is 6.07 Å². The lowest BCUT2D eigenvalue weighted by atomic mass is 10.1. The Labute approximate surface area is 182 Å². The van der Waals surface area contributed by atoms with Crippen LogP contribution in [0, 0.1) is 17.1 Å². The average molecular weight is 422 g/mol. The molecule has 0 aliphatic rings. The van der Waals surface area contributed by atoms with Crippen molar-refractivity contribution in [2.24, 2.45) is 0 Å². The van der Waals surface area contributed by atoms with Gasteiger partial charge < -0.3 is 14.6 Å². The number of halogens is 1. The first kappa shape index (κ1) is 26.6. The molecule has 0 fully saturated rings. The number of hydrogen-bond donors (Lipinski definition) is 1. The predicted octanol–water partition coefficient (Wildman–Crippen LogP) is 6.29. The highest BCUT2D eigenvalue weighted by molar-refractivity contribution is 5.32. The van der Waals surface area contributed by atoms with Crippen LogP contribution < -0.4 is 0 Å². The van der Waals surface area contributed by atoms with E-state index in [1.165, 1.54) is 76.3 Å². The van der Waals surface area contributed by atoms with E-state index in [9.17, 15) is 9.50 Å². The van der Waals surface area contributed by atoms with Crippen molar-refractivity contribution in [1.82, 2.24) is 0 Å². The lowest BCUT2D eigenvalue weighted by Gasteiger charge is -2.16. The number of ether oxygens (including phenoxy) is 2. The van der Waals surface area contributed by atoms with Crippen molar-refractivity contribution < 1.29 is 19.0 Å². The average Bonchev–Trinajstić information content (AvgIpc) is 2.76. The molecule has 0 heterocycles. The molecular formula is C25H40FNO3. The maximum Gasteiger partial charge on any atom is 0.130 e. The summed E-state index contributed by atoms with van der Waals surface area (Å²) >= 11 is 0. The van der Waals surface area contributed by atoms with Gasteiger partial charge in [0.15, 0.2) is 0 Å². The van der Waals surface area contributed by atoms with Gasteiger partial charge in [0.2, 0.25) is 0 Å². The summed E-state index contributed by atoms with van der Waals surface area (Å²) in [4.78, 5) is 0. The fourth-order valence-corrected chi connectivity index (χ4v) is 3.35. The minimum absolute atomic E-state index is 0.0464. The molecule has 0 bridgehead atoms. The van der Waals surface area contributed by atoms with Crippen LogP contribution in [-0.4, -0.2) is 31.0 Å². The van der Waals surface area contributed by atoms with Gasteiger partial charge in [-0.25, -0.2) is 4.39 Å². The van der Waals surface area contributed by atoms with E-state index in [1.807, 2.05) is 6.07 Å². The Balaban J connectivity index is 1.98. The van der Waals surface area contributed by atoms with Gasteiger partial charge in [-0.2, -0.15) is 5.26 Å². The number of nitriles is 1. The van der Waals surface area contributed by atoms with Gasteiger partial charge in [0, 0.05) is 12.2 Å². The van der Waals surface area contributed by atoms with Crippen LogP contribution in [0.4, 0.5) is 4.39 Å². The SMILES string of the molecule is CCCCCCCCCCCCCCOCC(CO)OCc1ccc(C#N)cc1F. The van der Waals surface area contributed by atoms with Gasteiger partial charge >= 0.3 is 0 Å². The van der Waals surface area contributed by atoms with Gasteiger partial charge in [-0.15, -0.1) is 0 Å². The number of aliphatic hydroxyl groups is 1. The van der Waals surface area contributed by atoms with Crippen molar-refractivity contribution in [3.05, 3.63) is 35.1 Å². The quantitative estimate of drug-likeness (QED) is 0.267. The van der Waals surface area contributed by atoms with Crippen LogP contribution >= 0.6 is 0 Å². The molecule has 1 aromatic rings. The molecule has 0 amide bonds. The second-order valence-electron chi connectivity index (χ2n) is 8.00. The summed E-state index contributed by atoms with van der Waals surface area (Å²) in [5.74, 6) is -0.469. The van der Waals surface area contributed by atoms with Crippen LogP contribution in [0.25, 0.3) is 0 Å². The molecule has 0 spiro atoms. The lowest BCUT2D eigenvalue weighted by Crippen LogP contribution is -2.24. The molecule has 4 nitrogen and oxygen atoms in total. The summed E-state index contributed by atoms with van der Waals surface area (Å²) in [6.07, 6.45) is 15.2. The van der Waals surface area contributed by atoms with E-state index in [0.29, 0.717) is 18.8 Å². The van der Waals surface area contributed by atoms with Crippen LogP contribution in [0.15, 0.2) is 18.2 Å². The highest BCUT2D eigenvalue weighted by Crippen LogP contribution is 2.13. The van der Waals surface area contributed by atoms with Gasteiger partial charge in [-0.05, 0) is 18.6 Å². The third-order valence-corrected chi connectivity index (χ3v) is 5.31. The van der Waals surface area contributed by atoms with Gasteiger partial charge in [-0.3, -0.25) is 0 Å². The molecular weight excluding hydrogens is 381 g/mol. The van der Waals surface area contributed by atoms with Crippen molar-refractivity contribution in [1.29, 1.82) is 5.26 Å². The molecule has 0 saturated carbocycles. The van der Waals surface area contributed by atoms with Crippen molar-refractivity contribution in [3.63, 3.8) is 0 Å². The van der Waals surface area contributed by atoms with E-state index in [4.69, 9.17) is 14.7 Å². The fourth-order valence-electron chi connectivity index (χ4n) is 3.35. The molecule has 1 unspecified atom stereocenters. The highest BCUT2D eigenvalue weighted by atomic mass is 19.1. The lowest BCUT2D eigenvalue weighted by molar-refractivity contribution is -0.0509. The monoisotopic (exact) mass is 421 g/mol. The third-order valence-electron chi connectivity index (χ3n) is 5.31. The first-order valence-corrected chi connectivity index (χ1v) is 11.7. The van der Waals surface area contributed by atoms with Gasteiger partial charge in [0.05, 0.1) is 31.5 Å². The molecule has 1 atom stereocenters. The standard InChI is InChI=1S/C25H40FNO3/c1-2-3-4-5-6-7-8-9-10-11-12-13-16-29-21-24(19-28)30-20-23-15-14-22(18-27)17-25(23)26/h14-15,17,24,28H,2-13,16,19-21H2,1H3. The van der Waals surface area contributed by atoms with Crippen LogP contribution in [-0.2, 0) is 16.1 Å². The number of rotatable bonds is 19. The van der Waals surface area contributed by atoms with Crippen molar-refractivity contribution >= 4 is 0 Å². The van der Waals surface area contributed by atoms with E-state index < -0.39 is 11.9 Å². The number of hydrogen-bond acceptors (Lipinski definition) is 4. The molecule has 1 N–H and O–H groups in total. The van der Waals surface area contributed by atoms with Crippen molar-refractivity contribution in [2.75, 3.05) is 19.8 Å². The molecule has 0 aliphatic heterocycles. The zero-order chi connectivity index (χ0) is 21.9. The molecule has 0 aromatic heterocycles. The molecule has 0 saturated heterocycles. The minimum atomic E-state index is -0.475. The van der Waals surface area contributed by atoms with Crippen LogP contribution in [0.2, 0.25) is 0 Å². The molecule has 0 aliphatic carbocycles. The van der Waals surface area contributed by atoms with Crippen molar-refractivity contribution in [2.45, 2.75) is 96.7 Å². The van der Waals surface area contributed by atoms with E-state index in [0.717, 1.165) is 12.8 Å². The second-order valence-corrected chi connectivity index (χ2v) is 8.00. The maximum atomic E-state index is 13.9. The smallest absolute Gasteiger partial charge is 0.130 e. The van der Waals surface area contributed by atoms with E-state index >= 15 is 0 Å². The summed E-state index contributed by atoms with van der Waals surface area (Å²) in [5.41, 5.74) is 0.647. The van der Waals surface area contributed by atoms with Gasteiger partial charge in [0.25, 0.3) is 0 Å². The summed E-state index contributed by atoms with van der Waals surface area (Å²) in [6.45, 7) is 3.08. The van der Waals surface area contributed by atoms with E-state index in [1.54, 1.807) is 6.07 Å². The third kappa shape index (κ3) is 13.0. The molecule has 30 heavy (non-hydrogen) atoms. The van der Waals surface area contributed by atoms with Crippen LogP contribution in [0.5, 0.6) is 0 Å². The maximum absolute atomic E-state index is 13.9. The molecule has 1 rings (SSSR count). The van der Waals surface area contributed by atoms with Gasteiger partial charge in [-0.1, -0.05) is 83.6 Å². The number of unbranched alkanes of at least 4 members (excludes halogenated alkanes) is 11. The highest BCUT2D eigenvalue weighted by Gasteiger charge is 2.11. The van der Waals surface area contributed by atoms with E-state index in [2.05, 4.69) is 6.92 Å². The second kappa shape index (κ2) is 18.3. The molecule has 170 valence electrons. The zero-order valence-electron chi connectivity index (χ0n) is 18.7. The van der Waals surface area contributed by atoms with Gasteiger partial charge in [0.1, 0.15) is 11.9 Å². The predicted molar refractivity (Wildman–Crippen MR) is 119 cm³/mol. The minimum Gasteiger partial charge on any atom is -0.394 e. The Hall–Kier alpha value is -1.48. The molecule has 0 radical (unpaired) electrons. The first-order chi connectivity index (χ1) is 14.7. The Morgan fingerprint density at radius 1 is 0.967 bits per heavy atom. The Bertz CT molecular complexity index is 588. The van der Waals surface area contributed by atoms with Crippen LogP contribution in [0.1, 0.15) is 95.1 Å². The van der Waals surface area contributed by atoms with Crippen LogP contribution in [0.3, 0.4) is 0 Å². The van der Waals surface area contributed by atoms with E-state index in [-0.39, 0.29) is 18.8 Å². The molecule has 1 aromatic carbocycles. The summed E-state index contributed by atoms with van der Waals surface area (Å²) < 4.78 is 25.0. The Kier molecular flexibility index (Phi) is 16.2. The largest absolute Gasteiger partial charge is 0.394 e. The normalized spacial score (nSPS) is 12.1. The molecule has 5 heteroatoms. The Morgan fingerprint density at radius 3 is 2.10 bits per heavy atom.